The lowest BCUT2D eigenvalue weighted by atomic mass is 10.0. The Hall–Kier alpha value is -3.23. The lowest BCUT2D eigenvalue weighted by molar-refractivity contribution is 0.151. The number of halogens is 2. The van der Waals surface area contributed by atoms with Crippen LogP contribution in [0.5, 0.6) is 0 Å². The summed E-state index contributed by atoms with van der Waals surface area (Å²) in [5.74, 6) is 0. The predicted molar refractivity (Wildman–Crippen MR) is 120 cm³/mol. The molecule has 0 aliphatic carbocycles. The van der Waals surface area contributed by atoms with E-state index in [0.29, 0.717) is 5.56 Å². The standard InChI is InChI=1S/C23H19F2N5S/c1-14-5-6-16(11-27-14)21-12-31-23(26,17-4-2-3-15(9-17)22(24)25)30(21)18-7-8-19-20(10-18)29-13-28-19/h2-13,22H,26H2,1H3,(H,28,29). The number of anilines is 1. The Kier molecular flexibility index (Phi) is 4.75. The van der Waals surface area contributed by atoms with E-state index in [9.17, 15) is 8.78 Å². The van der Waals surface area contributed by atoms with E-state index in [-0.39, 0.29) is 5.56 Å². The summed E-state index contributed by atoms with van der Waals surface area (Å²) in [6.07, 6.45) is 0.858. The van der Waals surface area contributed by atoms with Crippen LogP contribution in [-0.2, 0) is 4.99 Å². The van der Waals surface area contributed by atoms with E-state index in [1.807, 2.05) is 47.6 Å². The second-order valence-electron chi connectivity index (χ2n) is 7.37. The molecule has 3 heterocycles. The monoisotopic (exact) mass is 435 g/mol. The molecule has 4 aromatic rings. The Labute approximate surface area is 182 Å². The number of aryl methyl sites for hydroxylation is 1. The fourth-order valence-electron chi connectivity index (χ4n) is 3.73. The van der Waals surface area contributed by atoms with Gasteiger partial charge in [-0.05, 0) is 48.7 Å². The summed E-state index contributed by atoms with van der Waals surface area (Å²) in [5, 5.41) is 1.95. The summed E-state index contributed by atoms with van der Waals surface area (Å²) in [6.45, 7) is 1.92. The number of nitrogens with one attached hydrogen (secondary N) is 1. The molecule has 0 radical (unpaired) electrons. The molecule has 8 heteroatoms. The molecular formula is C23H19F2N5S. The second kappa shape index (κ2) is 7.47. The Morgan fingerprint density at radius 2 is 1.97 bits per heavy atom. The number of aromatic nitrogens is 3. The van der Waals surface area contributed by atoms with Crippen LogP contribution in [0.1, 0.15) is 28.8 Å². The topological polar surface area (TPSA) is 70.8 Å². The van der Waals surface area contributed by atoms with Gasteiger partial charge in [0.25, 0.3) is 6.43 Å². The summed E-state index contributed by atoms with van der Waals surface area (Å²) in [4.78, 5) is 12.7. The highest BCUT2D eigenvalue weighted by Gasteiger charge is 2.42. The normalized spacial score (nSPS) is 18.7. The number of alkyl halides is 2. The second-order valence-corrected chi connectivity index (χ2v) is 8.47. The Balaban J connectivity index is 1.67. The molecule has 2 aromatic carbocycles. The van der Waals surface area contributed by atoms with Gasteiger partial charge in [-0.3, -0.25) is 10.7 Å². The van der Waals surface area contributed by atoms with Gasteiger partial charge in [-0.15, -0.1) is 0 Å². The van der Waals surface area contributed by atoms with E-state index in [1.165, 1.54) is 23.9 Å². The van der Waals surface area contributed by atoms with Crippen LogP contribution in [0, 0.1) is 6.92 Å². The molecule has 0 saturated carbocycles. The minimum Gasteiger partial charge on any atom is -0.345 e. The highest BCUT2D eigenvalue weighted by Crippen LogP contribution is 2.50. The van der Waals surface area contributed by atoms with E-state index < -0.39 is 11.4 Å². The van der Waals surface area contributed by atoms with Crippen LogP contribution in [0.3, 0.4) is 0 Å². The molecule has 1 aliphatic rings. The number of H-pyrrole nitrogens is 1. The summed E-state index contributed by atoms with van der Waals surface area (Å²) in [5.41, 5.74) is 12.6. The van der Waals surface area contributed by atoms with Crippen molar-refractivity contribution in [2.45, 2.75) is 18.3 Å². The number of aromatic amines is 1. The molecule has 5 rings (SSSR count). The number of imidazole rings is 1. The van der Waals surface area contributed by atoms with Crippen molar-refractivity contribution in [3.63, 3.8) is 0 Å². The van der Waals surface area contributed by atoms with Crippen molar-refractivity contribution in [1.29, 1.82) is 0 Å². The highest BCUT2D eigenvalue weighted by atomic mass is 32.2. The van der Waals surface area contributed by atoms with Crippen LogP contribution < -0.4 is 10.6 Å². The number of hydrogen-bond acceptors (Lipinski definition) is 5. The van der Waals surface area contributed by atoms with Crippen molar-refractivity contribution in [2.24, 2.45) is 5.73 Å². The van der Waals surface area contributed by atoms with Gasteiger partial charge in [0.15, 0.2) is 4.99 Å². The molecule has 31 heavy (non-hydrogen) atoms. The van der Waals surface area contributed by atoms with E-state index in [1.54, 1.807) is 24.7 Å². The zero-order chi connectivity index (χ0) is 21.6. The largest absolute Gasteiger partial charge is 0.345 e. The molecule has 1 aliphatic heterocycles. The molecule has 0 bridgehead atoms. The number of pyridine rings is 1. The van der Waals surface area contributed by atoms with Gasteiger partial charge in [-0.25, -0.2) is 13.8 Å². The first kappa shape index (κ1) is 19.7. The summed E-state index contributed by atoms with van der Waals surface area (Å²) in [6, 6.07) is 16.0. The third kappa shape index (κ3) is 3.37. The number of rotatable bonds is 4. The first-order valence-electron chi connectivity index (χ1n) is 9.67. The van der Waals surface area contributed by atoms with E-state index >= 15 is 0 Å². The van der Waals surface area contributed by atoms with Gasteiger partial charge in [0, 0.05) is 34.3 Å². The van der Waals surface area contributed by atoms with Crippen LogP contribution in [0.15, 0.2) is 72.5 Å². The Morgan fingerprint density at radius 3 is 2.74 bits per heavy atom. The maximum absolute atomic E-state index is 13.4. The van der Waals surface area contributed by atoms with Crippen molar-refractivity contribution in [3.8, 4) is 0 Å². The number of thioether (sulfide) groups is 1. The van der Waals surface area contributed by atoms with Crippen molar-refractivity contribution in [3.05, 3.63) is 94.9 Å². The summed E-state index contributed by atoms with van der Waals surface area (Å²) >= 11 is 1.38. The average Bonchev–Trinajstić information content (AvgIpc) is 3.39. The molecular weight excluding hydrogens is 416 g/mol. The van der Waals surface area contributed by atoms with Gasteiger partial charge in [0.05, 0.1) is 23.1 Å². The van der Waals surface area contributed by atoms with Crippen LogP contribution in [-0.4, -0.2) is 15.0 Å². The summed E-state index contributed by atoms with van der Waals surface area (Å²) in [7, 11) is 0. The molecule has 0 fully saturated rings. The van der Waals surface area contributed by atoms with Gasteiger partial charge in [0.2, 0.25) is 0 Å². The molecule has 5 nitrogen and oxygen atoms in total. The maximum atomic E-state index is 13.4. The average molecular weight is 436 g/mol. The fourth-order valence-corrected chi connectivity index (χ4v) is 4.84. The van der Waals surface area contributed by atoms with Gasteiger partial charge in [0.1, 0.15) is 0 Å². The van der Waals surface area contributed by atoms with Gasteiger partial charge in [-0.1, -0.05) is 30.0 Å². The number of fused-ring (bicyclic) bond motifs is 1. The van der Waals surface area contributed by atoms with Crippen LogP contribution in [0.4, 0.5) is 14.5 Å². The zero-order valence-electron chi connectivity index (χ0n) is 16.6. The van der Waals surface area contributed by atoms with Gasteiger partial charge >= 0.3 is 0 Å². The van der Waals surface area contributed by atoms with E-state index in [4.69, 9.17) is 5.73 Å². The van der Waals surface area contributed by atoms with Crippen molar-refractivity contribution >= 4 is 34.2 Å². The molecule has 1 atom stereocenters. The van der Waals surface area contributed by atoms with Crippen LogP contribution in [0.25, 0.3) is 16.7 Å². The van der Waals surface area contributed by atoms with Gasteiger partial charge < -0.3 is 9.88 Å². The minimum absolute atomic E-state index is 0.0592. The van der Waals surface area contributed by atoms with Crippen molar-refractivity contribution in [1.82, 2.24) is 15.0 Å². The quantitative estimate of drug-likeness (QED) is 0.441. The number of nitrogens with zero attached hydrogens (tertiary/aromatic N) is 3. The predicted octanol–water partition coefficient (Wildman–Crippen LogP) is 5.52. The maximum Gasteiger partial charge on any atom is 0.263 e. The third-order valence-corrected chi connectivity index (χ3v) is 6.46. The molecule has 2 aromatic heterocycles. The number of benzene rings is 2. The molecule has 1 unspecified atom stereocenters. The number of hydrogen-bond donors (Lipinski definition) is 2. The van der Waals surface area contributed by atoms with Crippen LogP contribution >= 0.6 is 11.8 Å². The fraction of sp³-hybridized carbons (Fsp3) is 0.130. The lowest BCUT2D eigenvalue weighted by Gasteiger charge is -2.38. The number of nitrogens with two attached hydrogens (primary N) is 1. The van der Waals surface area contributed by atoms with Crippen molar-refractivity contribution < 1.29 is 8.78 Å². The first-order chi connectivity index (χ1) is 15.0. The molecule has 0 amide bonds. The molecule has 0 saturated heterocycles. The van der Waals surface area contributed by atoms with E-state index in [0.717, 1.165) is 33.7 Å². The van der Waals surface area contributed by atoms with Gasteiger partial charge in [-0.2, -0.15) is 0 Å². The van der Waals surface area contributed by atoms with E-state index in [2.05, 4.69) is 15.0 Å². The van der Waals surface area contributed by atoms with Crippen LogP contribution in [0.2, 0.25) is 0 Å². The Morgan fingerprint density at radius 1 is 1.10 bits per heavy atom. The zero-order valence-corrected chi connectivity index (χ0v) is 17.4. The highest BCUT2D eigenvalue weighted by molar-refractivity contribution is 8.03. The third-order valence-electron chi connectivity index (χ3n) is 5.35. The molecule has 3 N–H and O–H groups in total. The lowest BCUT2D eigenvalue weighted by Crippen LogP contribution is -2.47. The Bertz CT molecular complexity index is 1280. The molecule has 0 spiro atoms. The minimum atomic E-state index is -2.57. The first-order valence-corrected chi connectivity index (χ1v) is 10.6. The smallest absolute Gasteiger partial charge is 0.263 e. The SMILES string of the molecule is Cc1ccc(C2=CSC(N)(c3cccc(C(F)F)c3)N2c2ccc3[nH]cnc3c2)cn1. The molecule has 156 valence electrons. The van der Waals surface area contributed by atoms with Crippen molar-refractivity contribution in [2.75, 3.05) is 4.90 Å². The summed E-state index contributed by atoms with van der Waals surface area (Å²) < 4.78 is 26.8.